The van der Waals surface area contributed by atoms with E-state index in [2.05, 4.69) is 55.4 Å². The maximum absolute atomic E-state index is 12.4. The zero-order valence-corrected chi connectivity index (χ0v) is 20.4. The minimum absolute atomic E-state index is 0.0251. The number of nitrogens with one attached hydrogen (secondary N) is 2. The number of urea groups is 1. The molecule has 1 saturated heterocycles. The van der Waals surface area contributed by atoms with Gasteiger partial charge in [-0.2, -0.15) is 4.52 Å². The van der Waals surface area contributed by atoms with E-state index in [4.69, 9.17) is 10.1 Å². The van der Waals surface area contributed by atoms with Crippen LogP contribution in [0.25, 0.3) is 16.2 Å². The van der Waals surface area contributed by atoms with Gasteiger partial charge in [-0.05, 0) is 34.1 Å². The average molecular weight is 456 g/mol. The lowest BCUT2D eigenvalue weighted by Gasteiger charge is -2.34. The van der Waals surface area contributed by atoms with Crippen LogP contribution < -0.4 is 15.5 Å². The smallest absolute Gasteiger partial charge is 0.317 e. The number of amides is 2. The summed E-state index contributed by atoms with van der Waals surface area (Å²) in [5.74, 6) is 0.910. The Balaban J connectivity index is 1.55. The molecule has 1 atom stereocenters. The van der Waals surface area contributed by atoms with Gasteiger partial charge in [0, 0.05) is 43.3 Å². The Morgan fingerprint density at radius 1 is 1.16 bits per heavy atom. The van der Waals surface area contributed by atoms with Crippen LogP contribution in [-0.2, 0) is 0 Å². The number of hydrogen-bond donors (Lipinski definition) is 2. The summed E-state index contributed by atoms with van der Waals surface area (Å²) in [7, 11) is 0. The lowest BCUT2D eigenvalue weighted by molar-refractivity contribution is 0.190. The predicted molar refractivity (Wildman–Crippen MR) is 132 cm³/mol. The summed E-state index contributed by atoms with van der Waals surface area (Å²) in [6.07, 6.45) is 0.931. The maximum Gasteiger partial charge on any atom is 0.317 e. The van der Waals surface area contributed by atoms with Crippen LogP contribution in [0.2, 0.25) is 0 Å². The van der Waals surface area contributed by atoms with Crippen molar-refractivity contribution in [3.63, 3.8) is 0 Å². The molecule has 0 aliphatic carbocycles. The minimum atomic E-state index is -0.127. The molecule has 3 aromatic rings. The van der Waals surface area contributed by atoms with Crippen molar-refractivity contribution in [1.29, 1.82) is 0 Å². The molecule has 1 aliphatic heterocycles. The van der Waals surface area contributed by atoms with Crippen LogP contribution >= 0.6 is 11.3 Å². The lowest BCUT2D eigenvalue weighted by atomic mass is 10.1. The first-order valence-electron chi connectivity index (χ1n) is 11.3. The number of benzene rings is 1. The number of carbonyl (C=O) groups excluding carboxylic acids is 1. The van der Waals surface area contributed by atoms with E-state index in [1.165, 1.54) is 0 Å². The minimum Gasteiger partial charge on any atom is -0.364 e. The second kappa shape index (κ2) is 8.97. The highest BCUT2D eigenvalue weighted by molar-refractivity contribution is 7.20. The van der Waals surface area contributed by atoms with Crippen LogP contribution in [0.4, 0.5) is 15.7 Å². The van der Waals surface area contributed by atoms with Gasteiger partial charge in [-0.25, -0.2) is 9.78 Å². The average Bonchev–Trinajstić information content (AvgIpc) is 3.32. The molecule has 8 nitrogen and oxygen atoms in total. The third kappa shape index (κ3) is 4.82. The highest BCUT2D eigenvalue weighted by Gasteiger charge is 2.26. The van der Waals surface area contributed by atoms with Crippen molar-refractivity contribution >= 4 is 33.3 Å². The molecule has 0 bridgehead atoms. The van der Waals surface area contributed by atoms with Crippen LogP contribution in [-0.4, -0.2) is 63.3 Å². The highest BCUT2D eigenvalue weighted by Crippen LogP contribution is 2.34. The molecule has 0 radical (unpaired) electrons. The van der Waals surface area contributed by atoms with Gasteiger partial charge in [0.1, 0.15) is 5.69 Å². The molecule has 172 valence electrons. The fourth-order valence-corrected chi connectivity index (χ4v) is 4.59. The number of rotatable bonds is 5. The Labute approximate surface area is 193 Å². The Bertz CT molecular complexity index is 1060. The summed E-state index contributed by atoms with van der Waals surface area (Å²) in [6.45, 7) is 13.4. The van der Waals surface area contributed by atoms with E-state index in [-0.39, 0.29) is 17.6 Å². The molecule has 0 spiro atoms. The van der Waals surface area contributed by atoms with E-state index in [0.717, 1.165) is 46.7 Å². The highest BCUT2D eigenvalue weighted by atomic mass is 32.1. The van der Waals surface area contributed by atoms with Gasteiger partial charge in [-0.15, -0.1) is 5.10 Å². The topological polar surface area (TPSA) is 77.8 Å². The van der Waals surface area contributed by atoms with Gasteiger partial charge in [-0.1, -0.05) is 48.6 Å². The van der Waals surface area contributed by atoms with Gasteiger partial charge >= 0.3 is 6.03 Å². The van der Waals surface area contributed by atoms with Crippen molar-refractivity contribution in [2.45, 2.75) is 52.6 Å². The van der Waals surface area contributed by atoms with Gasteiger partial charge < -0.3 is 20.4 Å². The molecule has 1 aromatic carbocycles. The molecule has 2 aromatic heterocycles. The molecular weight excluding hydrogens is 422 g/mol. The first-order chi connectivity index (χ1) is 15.2. The van der Waals surface area contributed by atoms with E-state index in [1.54, 1.807) is 11.3 Å². The van der Waals surface area contributed by atoms with E-state index in [9.17, 15) is 4.79 Å². The molecule has 2 amide bonds. The Morgan fingerprint density at radius 2 is 1.84 bits per heavy atom. The van der Waals surface area contributed by atoms with Crippen molar-refractivity contribution in [3.8, 4) is 11.3 Å². The van der Waals surface area contributed by atoms with E-state index < -0.39 is 0 Å². The van der Waals surface area contributed by atoms with Crippen molar-refractivity contribution in [2.75, 3.05) is 36.4 Å². The van der Waals surface area contributed by atoms with Crippen LogP contribution in [0.15, 0.2) is 30.3 Å². The fraction of sp³-hybridized carbons (Fsp3) is 0.522. The number of imidazole rings is 1. The van der Waals surface area contributed by atoms with Gasteiger partial charge in [-0.3, -0.25) is 0 Å². The van der Waals surface area contributed by atoms with Gasteiger partial charge in [0.15, 0.2) is 5.82 Å². The first kappa shape index (κ1) is 22.4. The zero-order chi connectivity index (χ0) is 22.9. The third-order valence-electron chi connectivity index (χ3n) is 5.55. The predicted octanol–water partition coefficient (Wildman–Crippen LogP) is 4.30. The van der Waals surface area contributed by atoms with Crippen LogP contribution in [0.5, 0.6) is 0 Å². The Hall–Kier alpha value is -2.81. The van der Waals surface area contributed by atoms with Crippen molar-refractivity contribution in [2.24, 2.45) is 0 Å². The molecule has 0 unspecified atom stereocenters. The van der Waals surface area contributed by atoms with Gasteiger partial charge in [0.2, 0.25) is 10.1 Å². The second-order valence-corrected chi connectivity index (χ2v) is 10.3. The standard InChI is InChI=1S/C23H33N7OS/c1-6-16(2)24-20(31)28-12-14-29(15-13-28)22-27-30-19(26-23(3,4)5)18(25-21(30)32-22)17-10-8-7-9-11-17/h7-11,16,26H,6,12-15H2,1-5H3,(H,24,31)/t16-/m0/s1. The lowest BCUT2D eigenvalue weighted by Crippen LogP contribution is -2.53. The molecule has 2 N–H and O–H groups in total. The molecule has 3 heterocycles. The van der Waals surface area contributed by atoms with Crippen LogP contribution in [0, 0.1) is 0 Å². The molecule has 4 rings (SSSR count). The normalized spacial score (nSPS) is 15.8. The molecule has 1 aliphatic rings. The largest absolute Gasteiger partial charge is 0.364 e. The first-order valence-corrected chi connectivity index (χ1v) is 12.1. The van der Waals surface area contributed by atoms with Crippen LogP contribution in [0.1, 0.15) is 41.0 Å². The van der Waals surface area contributed by atoms with E-state index in [0.29, 0.717) is 13.1 Å². The quantitative estimate of drug-likeness (QED) is 0.600. The molecule has 0 saturated carbocycles. The monoisotopic (exact) mass is 455 g/mol. The van der Waals surface area contributed by atoms with E-state index in [1.807, 2.05) is 34.5 Å². The summed E-state index contributed by atoms with van der Waals surface area (Å²) in [5.41, 5.74) is 1.86. The fourth-order valence-electron chi connectivity index (χ4n) is 3.64. The number of fused-ring (bicyclic) bond motifs is 1. The van der Waals surface area contributed by atoms with Gasteiger partial charge in [0.25, 0.3) is 0 Å². The summed E-state index contributed by atoms with van der Waals surface area (Å²) in [5, 5.41) is 12.5. The van der Waals surface area contributed by atoms with Crippen LogP contribution in [0.3, 0.4) is 0 Å². The number of aromatic nitrogens is 3. The zero-order valence-electron chi connectivity index (χ0n) is 19.6. The number of carbonyl (C=O) groups is 1. The number of piperazine rings is 1. The number of hydrogen-bond acceptors (Lipinski definition) is 6. The molecule has 9 heteroatoms. The van der Waals surface area contributed by atoms with Crippen molar-refractivity contribution in [3.05, 3.63) is 30.3 Å². The Kier molecular flexibility index (Phi) is 6.28. The summed E-state index contributed by atoms with van der Waals surface area (Å²) in [4.78, 5) is 22.3. The summed E-state index contributed by atoms with van der Waals surface area (Å²) >= 11 is 1.59. The molecular formula is C23H33N7OS. The summed E-state index contributed by atoms with van der Waals surface area (Å²) in [6, 6.07) is 10.4. The van der Waals surface area contributed by atoms with Crippen molar-refractivity contribution in [1.82, 2.24) is 24.8 Å². The maximum atomic E-state index is 12.4. The third-order valence-corrected chi connectivity index (χ3v) is 6.52. The number of anilines is 2. The SMILES string of the molecule is CC[C@H](C)NC(=O)N1CCN(c2nn3c(NC(C)(C)C)c(-c4ccccc4)nc3s2)CC1. The molecule has 32 heavy (non-hydrogen) atoms. The van der Waals surface area contributed by atoms with E-state index >= 15 is 0 Å². The second-order valence-electron chi connectivity index (χ2n) is 9.36. The van der Waals surface area contributed by atoms with Gasteiger partial charge in [0.05, 0.1) is 0 Å². The number of nitrogens with zero attached hydrogens (tertiary/aromatic N) is 5. The molecule has 1 fully saturated rings. The summed E-state index contributed by atoms with van der Waals surface area (Å²) < 4.78 is 1.93. The van der Waals surface area contributed by atoms with Crippen molar-refractivity contribution < 1.29 is 4.79 Å². The Morgan fingerprint density at radius 3 is 2.47 bits per heavy atom.